The second kappa shape index (κ2) is 6.99. The van der Waals surface area contributed by atoms with Crippen molar-refractivity contribution < 1.29 is 4.74 Å². The minimum Gasteiger partial charge on any atom is -0.497 e. The summed E-state index contributed by atoms with van der Waals surface area (Å²) in [6, 6.07) is 10.1. The van der Waals surface area contributed by atoms with Crippen LogP contribution in [-0.2, 0) is 6.42 Å². The van der Waals surface area contributed by atoms with Crippen LogP contribution in [0.3, 0.4) is 0 Å². The van der Waals surface area contributed by atoms with E-state index in [2.05, 4.69) is 27.4 Å². The van der Waals surface area contributed by atoms with Crippen molar-refractivity contribution in [2.75, 3.05) is 25.2 Å². The summed E-state index contributed by atoms with van der Waals surface area (Å²) in [5.74, 6) is 1.75. The Labute approximate surface area is 117 Å². The van der Waals surface area contributed by atoms with Gasteiger partial charge in [0.1, 0.15) is 22.9 Å². The minimum absolute atomic E-state index is 0.844. The molecule has 19 heavy (non-hydrogen) atoms. The molecule has 1 aromatic heterocycles. The zero-order chi connectivity index (χ0) is 13.5. The third kappa shape index (κ3) is 4.13. The van der Waals surface area contributed by atoms with Crippen molar-refractivity contribution in [3.8, 4) is 5.75 Å². The number of hydrogen-bond acceptors (Lipinski definition) is 5. The molecule has 0 atom stereocenters. The van der Waals surface area contributed by atoms with Crippen LogP contribution < -0.4 is 10.1 Å². The van der Waals surface area contributed by atoms with Crippen LogP contribution in [0.1, 0.15) is 5.56 Å². The van der Waals surface area contributed by atoms with Gasteiger partial charge in [-0.2, -0.15) is 0 Å². The third-order valence-corrected chi connectivity index (χ3v) is 3.37. The molecule has 0 spiro atoms. The van der Waals surface area contributed by atoms with E-state index in [9.17, 15) is 0 Å². The first-order chi connectivity index (χ1) is 9.31. The molecule has 0 saturated carbocycles. The van der Waals surface area contributed by atoms with E-state index in [1.54, 1.807) is 25.2 Å². The van der Waals surface area contributed by atoms with Crippen molar-refractivity contribution in [3.63, 3.8) is 0 Å². The Balaban J connectivity index is 1.85. The van der Waals surface area contributed by atoms with Crippen LogP contribution in [0.25, 0.3) is 0 Å². The second-order valence-corrected chi connectivity index (χ2v) is 4.80. The molecule has 0 aliphatic rings. The van der Waals surface area contributed by atoms with Gasteiger partial charge in [-0.3, -0.25) is 0 Å². The molecule has 100 valence electrons. The topological polar surface area (TPSA) is 47.0 Å². The normalized spacial score (nSPS) is 10.2. The summed E-state index contributed by atoms with van der Waals surface area (Å²) in [7, 11) is 1.68. The number of thioether (sulfide) groups is 1. The minimum atomic E-state index is 0.844. The number of hydrogen-bond donors (Lipinski definition) is 1. The molecule has 1 heterocycles. The maximum Gasteiger partial charge on any atom is 0.130 e. The Morgan fingerprint density at radius 3 is 2.68 bits per heavy atom. The van der Waals surface area contributed by atoms with Gasteiger partial charge in [0.25, 0.3) is 0 Å². The molecule has 1 N–H and O–H groups in total. The number of nitrogens with zero attached hydrogens (tertiary/aromatic N) is 2. The van der Waals surface area contributed by atoms with Gasteiger partial charge in [-0.1, -0.05) is 12.1 Å². The Bertz CT molecular complexity index is 516. The maximum absolute atomic E-state index is 5.13. The van der Waals surface area contributed by atoms with Gasteiger partial charge in [0.2, 0.25) is 0 Å². The molecule has 0 unspecified atom stereocenters. The number of aromatic nitrogens is 2. The average molecular weight is 275 g/mol. The first-order valence-electron chi connectivity index (χ1n) is 6.04. The summed E-state index contributed by atoms with van der Waals surface area (Å²) in [5.41, 5.74) is 1.27. The van der Waals surface area contributed by atoms with Gasteiger partial charge in [0.05, 0.1) is 7.11 Å². The van der Waals surface area contributed by atoms with Gasteiger partial charge in [-0.15, -0.1) is 11.8 Å². The van der Waals surface area contributed by atoms with Crippen LogP contribution >= 0.6 is 11.8 Å². The molecular weight excluding hydrogens is 258 g/mol. The Kier molecular flexibility index (Phi) is 5.03. The summed E-state index contributed by atoms with van der Waals surface area (Å²) >= 11 is 1.61. The first-order valence-corrected chi connectivity index (χ1v) is 7.27. The van der Waals surface area contributed by atoms with E-state index in [1.807, 2.05) is 24.5 Å². The van der Waals surface area contributed by atoms with E-state index in [1.165, 1.54) is 5.56 Å². The fourth-order valence-corrected chi connectivity index (χ4v) is 2.06. The largest absolute Gasteiger partial charge is 0.497 e. The van der Waals surface area contributed by atoms with Crippen molar-refractivity contribution in [2.45, 2.75) is 11.4 Å². The van der Waals surface area contributed by atoms with Crippen LogP contribution in [0.15, 0.2) is 41.7 Å². The maximum atomic E-state index is 5.13. The molecule has 0 aliphatic heterocycles. The fraction of sp³-hybridized carbons (Fsp3) is 0.286. The lowest BCUT2D eigenvalue weighted by molar-refractivity contribution is 0.414. The van der Waals surface area contributed by atoms with E-state index in [0.29, 0.717) is 0 Å². The van der Waals surface area contributed by atoms with Crippen molar-refractivity contribution in [2.24, 2.45) is 0 Å². The molecule has 0 bridgehead atoms. The predicted molar refractivity (Wildman–Crippen MR) is 79.0 cm³/mol. The van der Waals surface area contributed by atoms with E-state index in [0.717, 1.165) is 29.6 Å². The van der Waals surface area contributed by atoms with Gasteiger partial charge >= 0.3 is 0 Å². The first kappa shape index (κ1) is 13.7. The second-order valence-electron chi connectivity index (χ2n) is 3.97. The van der Waals surface area contributed by atoms with Crippen LogP contribution in [-0.4, -0.2) is 29.9 Å². The summed E-state index contributed by atoms with van der Waals surface area (Å²) in [6.07, 6.45) is 4.54. The van der Waals surface area contributed by atoms with Crippen LogP contribution in [0.2, 0.25) is 0 Å². The van der Waals surface area contributed by atoms with Crippen LogP contribution in [0, 0.1) is 0 Å². The molecule has 2 aromatic rings. The van der Waals surface area contributed by atoms with E-state index in [-0.39, 0.29) is 0 Å². The SMILES string of the molecule is COc1ccc(CCNc2cc(SC)ncn2)cc1. The summed E-state index contributed by atoms with van der Waals surface area (Å²) in [5, 5.41) is 4.27. The Morgan fingerprint density at radius 2 is 2.00 bits per heavy atom. The highest BCUT2D eigenvalue weighted by atomic mass is 32.2. The molecule has 0 aliphatic carbocycles. The molecule has 0 fully saturated rings. The monoisotopic (exact) mass is 275 g/mol. The number of nitrogens with one attached hydrogen (secondary N) is 1. The summed E-state index contributed by atoms with van der Waals surface area (Å²) < 4.78 is 5.13. The highest BCUT2D eigenvalue weighted by Gasteiger charge is 1.98. The van der Waals surface area contributed by atoms with Crippen molar-refractivity contribution in [3.05, 3.63) is 42.2 Å². The molecule has 2 rings (SSSR count). The predicted octanol–water partition coefficient (Wildman–Crippen LogP) is 2.86. The lowest BCUT2D eigenvalue weighted by Gasteiger charge is -2.07. The van der Waals surface area contributed by atoms with E-state index < -0.39 is 0 Å². The van der Waals surface area contributed by atoms with Gasteiger partial charge < -0.3 is 10.1 Å². The van der Waals surface area contributed by atoms with Crippen LogP contribution in [0.5, 0.6) is 5.75 Å². The fourth-order valence-electron chi connectivity index (χ4n) is 1.67. The standard InChI is InChI=1S/C14H17N3OS/c1-18-12-5-3-11(4-6-12)7-8-15-13-9-14(19-2)17-10-16-13/h3-6,9-10H,7-8H2,1-2H3,(H,15,16,17). The molecule has 0 amide bonds. The number of rotatable bonds is 6. The molecule has 0 radical (unpaired) electrons. The summed E-state index contributed by atoms with van der Waals surface area (Å²) in [6.45, 7) is 0.844. The average Bonchev–Trinajstić information content (AvgIpc) is 2.48. The van der Waals surface area contributed by atoms with Gasteiger partial charge in [0, 0.05) is 12.6 Å². The van der Waals surface area contributed by atoms with Gasteiger partial charge in [0.15, 0.2) is 0 Å². The van der Waals surface area contributed by atoms with E-state index in [4.69, 9.17) is 4.74 Å². The number of anilines is 1. The number of methoxy groups -OCH3 is 1. The molecular formula is C14H17N3OS. The Morgan fingerprint density at radius 1 is 1.21 bits per heavy atom. The highest BCUT2D eigenvalue weighted by molar-refractivity contribution is 7.98. The van der Waals surface area contributed by atoms with Crippen molar-refractivity contribution in [1.82, 2.24) is 9.97 Å². The smallest absolute Gasteiger partial charge is 0.130 e. The Hall–Kier alpha value is -1.75. The molecule has 0 saturated heterocycles. The zero-order valence-corrected chi connectivity index (χ0v) is 11.9. The molecule has 1 aromatic carbocycles. The lowest BCUT2D eigenvalue weighted by Crippen LogP contribution is -2.06. The quantitative estimate of drug-likeness (QED) is 0.649. The van der Waals surface area contributed by atoms with Crippen molar-refractivity contribution in [1.29, 1.82) is 0 Å². The van der Waals surface area contributed by atoms with Gasteiger partial charge in [-0.25, -0.2) is 9.97 Å². The van der Waals surface area contributed by atoms with E-state index >= 15 is 0 Å². The molecule has 5 heteroatoms. The van der Waals surface area contributed by atoms with Crippen molar-refractivity contribution >= 4 is 17.6 Å². The van der Waals surface area contributed by atoms with Gasteiger partial charge in [-0.05, 0) is 30.4 Å². The lowest BCUT2D eigenvalue weighted by atomic mass is 10.1. The number of ether oxygens (including phenoxy) is 1. The zero-order valence-electron chi connectivity index (χ0n) is 11.1. The van der Waals surface area contributed by atoms with Crippen LogP contribution in [0.4, 0.5) is 5.82 Å². The third-order valence-electron chi connectivity index (χ3n) is 2.73. The highest BCUT2D eigenvalue weighted by Crippen LogP contribution is 2.14. The number of benzene rings is 1. The molecule has 4 nitrogen and oxygen atoms in total. The summed E-state index contributed by atoms with van der Waals surface area (Å²) in [4.78, 5) is 8.33.